The minimum absolute atomic E-state index is 0.0259. The van der Waals surface area contributed by atoms with E-state index in [1.807, 2.05) is 23.1 Å². The van der Waals surface area contributed by atoms with Gasteiger partial charge in [-0.1, -0.05) is 30.3 Å². The van der Waals surface area contributed by atoms with Crippen molar-refractivity contribution in [3.63, 3.8) is 0 Å². The molecule has 5 heteroatoms. The van der Waals surface area contributed by atoms with Crippen LogP contribution in [0.5, 0.6) is 11.5 Å². The molecule has 0 N–H and O–H groups in total. The van der Waals surface area contributed by atoms with Crippen molar-refractivity contribution in [3.8, 4) is 11.5 Å². The second kappa shape index (κ2) is 7.00. The normalized spacial score (nSPS) is 19.5. The van der Waals surface area contributed by atoms with Gasteiger partial charge >= 0.3 is 0 Å². The van der Waals surface area contributed by atoms with E-state index < -0.39 is 0 Å². The van der Waals surface area contributed by atoms with E-state index in [2.05, 4.69) is 29.2 Å². The molecule has 26 heavy (non-hydrogen) atoms. The number of hydrogen-bond acceptors (Lipinski definition) is 4. The van der Waals surface area contributed by atoms with Crippen molar-refractivity contribution >= 4 is 5.91 Å². The molecule has 2 aromatic carbocycles. The van der Waals surface area contributed by atoms with Crippen LogP contribution in [0.1, 0.15) is 27.5 Å². The maximum atomic E-state index is 13.3. The molecule has 1 unspecified atom stereocenters. The molecule has 2 aromatic rings. The van der Waals surface area contributed by atoms with Crippen molar-refractivity contribution in [1.82, 2.24) is 9.80 Å². The van der Waals surface area contributed by atoms with Gasteiger partial charge in [0.2, 0.25) is 0 Å². The molecule has 5 nitrogen and oxygen atoms in total. The number of nitrogens with zero attached hydrogens (tertiary/aromatic N) is 2. The Morgan fingerprint density at radius 1 is 0.962 bits per heavy atom. The molecule has 1 amide bonds. The lowest BCUT2D eigenvalue weighted by molar-refractivity contribution is 0.0448. The van der Waals surface area contributed by atoms with Gasteiger partial charge in [-0.05, 0) is 29.7 Å². The molecule has 0 aliphatic carbocycles. The van der Waals surface area contributed by atoms with Crippen LogP contribution in [0.15, 0.2) is 42.5 Å². The number of piperazine rings is 1. The zero-order valence-corrected chi connectivity index (χ0v) is 15.3. The molecule has 0 spiro atoms. The van der Waals surface area contributed by atoms with Crippen LogP contribution >= 0.6 is 0 Å². The summed E-state index contributed by atoms with van der Waals surface area (Å²) in [6.07, 6.45) is 1.08. The van der Waals surface area contributed by atoms with Gasteiger partial charge in [0.25, 0.3) is 5.91 Å². The predicted molar refractivity (Wildman–Crippen MR) is 99.9 cm³/mol. The lowest BCUT2D eigenvalue weighted by Crippen LogP contribution is -2.52. The summed E-state index contributed by atoms with van der Waals surface area (Å²) in [6.45, 7) is 3.36. The molecule has 2 heterocycles. The highest BCUT2D eigenvalue weighted by molar-refractivity contribution is 5.99. The third kappa shape index (κ3) is 2.82. The Morgan fingerprint density at radius 2 is 1.69 bits per heavy atom. The van der Waals surface area contributed by atoms with E-state index in [-0.39, 0.29) is 11.9 Å². The first-order valence-electron chi connectivity index (χ1n) is 9.05. The topological polar surface area (TPSA) is 42.0 Å². The molecule has 0 radical (unpaired) electrons. The summed E-state index contributed by atoms with van der Waals surface area (Å²) in [5.41, 5.74) is 3.26. The quantitative estimate of drug-likeness (QED) is 0.852. The smallest absolute Gasteiger partial charge is 0.261 e. The molecule has 2 aliphatic rings. The summed E-state index contributed by atoms with van der Waals surface area (Å²) in [5.74, 6) is 1.09. The van der Waals surface area contributed by atoms with Gasteiger partial charge in [0.05, 0.1) is 20.3 Å². The Morgan fingerprint density at radius 3 is 2.42 bits per heavy atom. The fourth-order valence-corrected chi connectivity index (χ4v) is 4.14. The number of rotatable bonds is 3. The van der Waals surface area contributed by atoms with Crippen LogP contribution in [0.4, 0.5) is 0 Å². The second-order valence-corrected chi connectivity index (χ2v) is 6.79. The van der Waals surface area contributed by atoms with Gasteiger partial charge in [0, 0.05) is 26.2 Å². The van der Waals surface area contributed by atoms with Crippen molar-refractivity contribution in [2.75, 3.05) is 40.4 Å². The fourth-order valence-electron chi connectivity index (χ4n) is 4.14. The van der Waals surface area contributed by atoms with E-state index in [0.29, 0.717) is 23.6 Å². The molecule has 2 aliphatic heterocycles. The largest absolute Gasteiger partial charge is 0.496 e. The van der Waals surface area contributed by atoms with Crippen LogP contribution in [0.25, 0.3) is 0 Å². The summed E-state index contributed by atoms with van der Waals surface area (Å²) in [5, 5.41) is 0. The number of fused-ring (bicyclic) bond motifs is 3. The van der Waals surface area contributed by atoms with Crippen LogP contribution in [-0.4, -0.2) is 56.1 Å². The van der Waals surface area contributed by atoms with E-state index in [0.717, 1.165) is 26.1 Å². The summed E-state index contributed by atoms with van der Waals surface area (Å²) >= 11 is 0. The lowest BCUT2D eigenvalue weighted by Gasteiger charge is -2.45. The van der Waals surface area contributed by atoms with Crippen LogP contribution < -0.4 is 9.47 Å². The third-order valence-electron chi connectivity index (χ3n) is 5.50. The minimum Gasteiger partial charge on any atom is -0.496 e. The molecule has 136 valence electrons. The number of benzene rings is 2. The Hall–Kier alpha value is -2.53. The molecule has 0 bridgehead atoms. The highest BCUT2D eigenvalue weighted by atomic mass is 16.5. The zero-order valence-electron chi connectivity index (χ0n) is 15.3. The second-order valence-electron chi connectivity index (χ2n) is 6.79. The average Bonchev–Trinajstić information content (AvgIpc) is 2.72. The summed E-state index contributed by atoms with van der Waals surface area (Å²) in [4.78, 5) is 17.7. The van der Waals surface area contributed by atoms with Gasteiger partial charge in [-0.15, -0.1) is 0 Å². The summed E-state index contributed by atoms with van der Waals surface area (Å²) in [7, 11) is 3.17. The number of hydrogen-bond donors (Lipinski definition) is 0. The van der Waals surface area contributed by atoms with Crippen LogP contribution in [0.2, 0.25) is 0 Å². The summed E-state index contributed by atoms with van der Waals surface area (Å²) < 4.78 is 10.8. The average molecular weight is 352 g/mol. The van der Waals surface area contributed by atoms with E-state index in [9.17, 15) is 4.79 Å². The van der Waals surface area contributed by atoms with E-state index in [1.165, 1.54) is 11.1 Å². The van der Waals surface area contributed by atoms with Gasteiger partial charge in [-0.25, -0.2) is 0 Å². The summed E-state index contributed by atoms with van der Waals surface area (Å²) in [6, 6.07) is 14.3. The Labute approximate surface area is 154 Å². The van der Waals surface area contributed by atoms with Crippen LogP contribution in [0.3, 0.4) is 0 Å². The van der Waals surface area contributed by atoms with Gasteiger partial charge in [-0.2, -0.15) is 0 Å². The van der Waals surface area contributed by atoms with E-state index in [4.69, 9.17) is 9.47 Å². The molecule has 0 saturated carbocycles. The molecule has 4 rings (SSSR count). The number of amides is 1. The third-order valence-corrected chi connectivity index (χ3v) is 5.50. The molecule has 1 saturated heterocycles. The predicted octanol–water partition coefficient (Wildman–Crippen LogP) is 2.76. The van der Waals surface area contributed by atoms with E-state index >= 15 is 0 Å². The molecule has 1 fully saturated rings. The first-order chi connectivity index (χ1) is 12.7. The Kier molecular flexibility index (Phi) is 4.55. The monoisotopic (exact) mass is 352 g/mol. The van der Waals surface area contributed by atoms with Crippen LogP contribution in [-0.2, 0) is 6.42 Å². The van der Waals surface area contributed by atoms with Crippen molar-refractivity contribution in [2.24, 2.45) is 0 Å². The fraction of sp³-hybridized carbons (Fsp3) is 0.381. The number of carbonyl (C=O) groups is 1. The van der Waals surface area contributed by atoms with Gasteiger partial charge < -0.3 is 14.4 Å². The minimum atomic E-state index is -0.0259. The highest BCUT2D eigenvalue weighted by Gasteiger charge is 2.35. The molecule has 1 atom stereocenters. The zero-order chi connectivity index (χ0) is 18.1. The number of carbonyl (C=O) groups excluding carboxylic acids is 1. The van der Waals surface area contributed by atoms with Crippen molar-refractivity contribution < 1.29 is 14.3 Å². The molecule has 0 aromatic heterocycles. The molecular formula is C21H24N2O3. The van der Waals surface area contributed by atoms with Crippen molar-refractivity contribution in [1.29, 1.82) is 0 Å². The first kappa shape index (κ1) is 16.9. The van der Waals surface area contributed by atoms with Gasteiger partial charge in [0.1, 0.15) is 17.1 Å². The van der Waals surface area contributed by atoms with Crippen molar-refractivity contribution in [3.05, 3.63) is 59.2 Å². The maximum absolute atomic E-state index is 13.3. The van der Waals surface area contributed by atoms with Crippen LogP contribution in [0, 0.1) is 0 Å². The number of ether oxygens (including phenoxy) is 2. The molecular weight excluding hydrogens is 328 g/mol. The SMILES string of the molecule is COc1cccc(OC)c1C(=O)N1CCN2CCc3ccccc3C2C1. The Bertz CT molecular complexity index is 798. The van der Waals surface area contributed by atoms with Gasteiger partial charge in [0.15, 0.2) is 0 Å². The van der Waals surface area contributed by atoms with Crippen molar-refractivity contribution in [2.45, 2.75) is 12.5 Å². The highest BCUT2D eigenvalue weighted by Crippen LogP contribution is 2.35. The Balaban J connectivity index is 1.64. The number of methoxy groups -OCH3 is 2. The maximum Gasteiger partial charge on any atom is 0.261 e. The lowest BCUT2D eigenvalue weighted by atomic mass is 9.91. The first-order valence-corrected chi connectivity index (χ1v) is 9.05. The van der Waals surface area contributed by atoms with Gasteiger partial charge in [-0.3, -0.25) is 9.69 Å². The van der Waals surface area contributed by atoms with E-state index in [1.54, 1.807) is 14.2 Å². The standard InChI is InChI=1S/C21H24N2O3/c1-25-18-8-5-9-19(26-2)20(18)21(24)23-13-12-22-11-10-15-6-3-4-7-16(15)17(22)14-23/h3-9,17H,10-14H2,1-2H3.